The van der Waals surface area contributed by atoms with Crippen molar-refractivity contribution in [2.45, 2.75) is 18.9 Å². The summed E-state index contributed by atoms with van der Waals surface area (Å²) in [5.74, 6) is 0. The Hall–Kier alpha value is -1.21. The molecule has 0 aromatic carbocycles. The summed E-state index contributed by atoms with van der Waals surface area (Å²) in [5, 5.41) is 0. The van der Waals surface area contributed by atoms with Gasteiger partial charge in [0.25, 0.3) is 0 Å². The van der Waals surface area contributed by atoms with E-state index in [-0.39, 0.29) is 0 Å². The van der Waals surface area contributed by atoms with Gasteiger partial charge in [-0.1, -0.05) is 0 Å². The van der Waals surface area contributed by atoms with Crippen molar-refractivity contribution in [2.75, 3.05) is 0 Å². The summed E-state index contributed by atoms with van der Waals surface area (Å²) >= 11 is 0. The van der Waals surface area contributed by atoms with E-state index in [9.17, 15) is 26.3 Å². The molecule has 0 amide bonds. The molecule has 0 saturated heterocycles. The van der Waals surface area contributed by atoms with Crippen molar-refractivity contribution in [2.24, 2.45) is 0 Å². The molecule has 0 bridgehead atoms. The third-order valence-electron chi connectivity index (χ3n) is 1.29. The predicted octanol–water partition coefficient (Wildman–Crippen LogP) is 2.46. The quantitative estimate of drug-likeness (QED) is 0.662. The number of imidazole rings is 1. The summed E-state index contributed by atoms with van der Waals surface area (Å²) in [5.41, 5.74) is -1.33. The third-order valence-corrected chi connectivity index (χ3v) is 1.29. The first-order valence-electron chi connectivity index (χ1n) is 3.34. The second-order valence-corrected chi connectivity index (χ2v) is 2.54. The van der Waals surface area contributed by atoms with Gasteiger partial charge in [0.05, 0.1) is 6.33 Å². The first-order valence-corrected chi connectivity index (χ1v) is 3.34. The molecule has 80 valence electrons. The van der Waals surface area contributed by atoms with E-state index in [1.165, 1.54) is 0 Å². The molecule has 1 aromatic heterocycles. The van der Waals surface area contributed by atoms with Gasteiger partial charge < -0.3 is 4.57 Å². The van der Waals surface area contributed by atoms with Gasteiger partial charge in [-0.25, -0.2) is 4.98 Å². The smallest absolute Gasteiger partial charge is 0.328 e. The average molecular weight is 218 g/mol. The van der Waals surface area contributed by atoms with Crippen molar-refractivity contribution in [3.63, 3.8) is 0 Å². The number of aromatic nitrogens is 2. The number of halogens is 6. The van der Waals surface area contributed by atoms with Gasteiger partial charge in [-0.2, -0.15) is 26.3 Å². The number of hydrogen-bond donors (Lipinski definition) is 0. The first kappa shape index (κ1) is 10.9. The van der Waals surface area contributed by atoms with E-state index in [1.54, 1.807) is 0 Å². The fraction of sp³-hybridized carbons (Fsp3) is 0.500. The van der Waals surface area contributed by atoms with Gasteiger partial charge in [-0.15, -0.1) is 0 Å². The lowest BCUT2D eigenvalue weighted by Crippen LogP contribution is -2.16. The summed E-state index contributed by atoms with van der Waals surface area (Å²) in [6.07, 6.45) is -8.45. The Bertz CT molecular complexity index is 309. The normalized spacial score (nSPS) is 13.3. The van der Waals surface area contributed by atoms with Crippen molar-refractivity contribution in [1.29, 1.82) is 0 Å². The van der Waals surface area contributed by atoms with Crippen LogP contribution in [0.15, 0.2) is 12.5 Å². The molecule has 1 rings (SSSR count). The zero-order valence-electron chi connectivity index (χ0n) is 6.52. The maximum absolute atomic E-state index is 11.9. The summed E-state index contributed by atoms with van der Waals surface area (Å²) in [6, 6.07) is 0. The molecule has 0 saturated carbocycles. The highest BCUT2D eigenvalue weighted by Crippen LogP contribution is 2.28. The molecule has 0 radical (unpaired) electrons. The minimum absolute atomic E-state index is 0.313. The summed E-state index contributed by atoms with van der Waals surface area (Å²) in [7, 11) is 0. The van der Waals surface area contributed by atoms with Crippen LogP contribution in [0.1, 0.15) is 5.69 Å². The topological polar surface area (TPSA) is 17.8 Å². The van der Waals surface area contributed by atoms with Gasteiger partial charge in [-0.3, -0.25) is 0 Å². The Morgan fingerprint density at radius 2 is 1.71 bits per heavy atom. The van der Waals surface area contributed by atoms with Crippen LogP contribution in [0.2, 0.25) is 0 Å². The fourth-order valence-electron chi connectivity index (χ4n) is 0.800. The highest BCUT2D eigenvalue weighted by Gasteiger charge is 2.35. The van der Waals surface area contributed by atoms with E-state index in [4.69, 9.17) is 0 Å². The van der Waals surface area contributed by atoms with E-state index in [0.717, 1.165) is 0 Å². The number of rotatable bonds is 1. The van der Waals surface area contributed by atoms with Crippen molar-refractivity contribution in [1.82, 2.24) is 9.55 Å². The lowest BCUT2D eigenvalue weighted by Gasteiger charge is -2.05. The van der Waals surface area contributed by atoms with Crippen LogP contribution in [-0.4, -0.2) is 15.7 Å². The summed E-state index contributed by atoms with van der Waals surface area (Å²) in [4.78, 5) is 2.81. The molecule has 1 heterocycles. The van der Waals surface area contributed by atoms with E-state index < -0.39 is 24.6 Å². The lowest BCUT2D eigenvalue weighted by molar-refractivity contribution is -0.144. The monoisotopic (exact) mass is 218 g/mol. The van der Waals surface area contributed by atoms with E-state index in [1.807, 2.05) is 0 Å². The molecule has 0 spiro atoms. The van der Waals surface area contributed by atoms with Gasteiger partial charge in [0.2, 0.25) is 0 Å². The van der Waals surface area contributed by atoms with E-state index in [2.05, 4.69) is 4.98 Å². The number of hydrogen-bond acceptors (Lipinski definition) is 1. The second-order valence-electron chi connectivity index (χ2n) is 2.54. The first-order chi connectivity index (χ1) is 6.18. The fourth-order valence-corrected chi connectivity index (χ4v) is 0.800. The Kier molecular flexibility index (Phi) is 2.47. The molecular formula is C6H4F6N2. The van der Waals surface area contributed by atoms with Crippen LogP contribution in [0.25, 0.3) is 0 Å². The van der Waals surface area contributed by atoms with Crippen molar-refractivity contribution in [3.8, 4) is 0 Å². The minimum atomic E-state index is -4.71. The van der Waals surface area contributed by atoms with Crippen molar-refractivity contribution < 1.29 is 26.3 Å². The van der Waals surface area contributed by atoms with Gasteiger partial charge >= 0.3 is 12.4 Å². The van der Waals surface area contributed by atoms with Gasteiger partial charge in [0.1, 0.15) is 6.54 Å². The van der Waals surface area contributed by atoms with Crippen LogP contribution in [0.5, 0.6) is 0 Å². The Labute approximate surface area is 74.2 Å². The SMILES string of the molecule is FC(F)(F)Cn1cnc(C(F)(F)F)c1. The van der Waals surface area contributed by atoms with Crippen LogP contribution in [0, 0.1) is 0 Å². The minimum Gasteiger partial charge on any atom is -0.328 e. The average Bonchev–Trinajstić information content (AvgIpc) is 2.29. The second kappa shape index (κ2) is 3.18. The molecule has 0 aliphatic heterocycles. The highest BCUT2D eigenvalue weighted by molar-refractivity contribution is 5.01. The van der Waals surface area contributed by atoms with Gasteiger partial charge in [0, 0.05) is 6.20 Å². The zero-order valence-corrected chi connectivity index (χ0v) is 6.52. The van der Waals surface area contributed by atoms with E-state index >= 15 is 0 Å². The molecular weight excluding hydrogens is 214 g/mol. The number of nitrogens with zero attached hydrogens (tertiary/aromatic N) is 2. The number of alkyl halides is 6. The summed E-state index contributed by atoms with van der Waals surface area (Å²) < 4.78 is 71.1. The zero-order chi connectivity index (χ0) is 11.0. The Morgan fingerprint density at radius 1 is 1.14 bits per heavy atom. The molecule has 0 N–H and O–H groups in total. The van der Waals surface area contributed by atoms with Crippen LogP contribution < -0.4 is 0 Å². The summed E-state index contributed by atoms with van der Waals surface area (Å²) in [6.45, 7) is -1.48. The molecule has 0 fully saturated rings. The molecule has 0 aliphatic carbocycles. The Morgan fingerprint density at radius 3 is 2.07 bits per heavy atom. The van der Waals surface area contributed by atoms with Crippen LogP contribution in [-0.2, 0) is 12.7 Å². The van der Waals surface area contributed by atoms with Crippen LogP contribution in [0.4, 0.5) is 26.3 Å². The third kappa shape index (κ3) is 2.93. The van der Waals surface area contributed by atoms with Crippen LogP contribution in [0.3, 0.4) is 0 Å². The molecule has 0 aliphatic rings. The lowest BCUT2D eigenvalue weighted by atomic mass is 10.5. The van der Waals surface area contributed by atoms with Crippen molar-refractivity contribution in [3.05, 3.63) is 18.2 Å². The predicted molar refractivity (Wildman–Crippen MR) is 33.3 cm³/mol. The van der Waals surface area contributed by atoms with Gasteiger partial charge in [-0.05, 0) is 0 Å². The maximum atomic E-state index is 11.9. The molecule has 0 unspecified atom stereocenters. The molecule has 8 heteroatoms. The van der Waals surface area contributed by atoms with Crippen molar-refractivity contribution >= 4 is 0 Å². The molecule has 1 aromatic rings. The standard InChI is InChI=1S/C6H4F6N2/c7-5(8,9)2-14-1-4(13-3-14)6(10,11)12/h1,3H,2H2. The van der Waals surface area contributed by atoms with Crippen LogP contribution >= 0.6 is 0 Å². The van der Waals surface area contributed by atoms with E-state index in [0.29, 0.717) is 17.1 Å². The Balaban J connectivity index is 2.79. The molecule has 0 atom stereocenters. The molecule has 14 heavy (non-hydrogen) atoms. The molecule has 2 nitrogen and oxygen atoms in total. The largest absolute Gasteiger partial charge is 0.434 e. The van der Waals surface area contributed by atoms with Gasteiger partial charge in [0.15, 0.2) is 5.69 Å². The highest BCUT2D eigenvalue weighted by atomic mass is 19.4. The maximum Gasteiger partial charge on any atom is 0.434 e.